The molecule has 132 valence electrons. The van der Waals surface area contributed by atoms with Crippen molar-refractivity contribution in [2.24, 2.45) is 4.99 Å². The Kier molecular flexibility index (Phi) is 5.41. The molecule has 0 aliphatic rings. The second-order valence-electron chi connectivity index (χ2n) is 5.52. The van der Waals surface area contributed by atoms with Gasteiger partial charge in [-0.2, -0.15) is 4.99 Å². The Morgan fingerprint density at radius 3 is 2.19 bits per heavy atom. The summed E-state index contributed by atoms with van der Waals surface area (Å²) in [6.07, 6.45) is 3.27. The summed E-state index contributed by atoms with van der Waals surface area (Å²) in [5.41, 5.74) is 0.969. The van der Waals surface area contributed by atoms with E-state index in [9.17, 15) is 13.2 Å². The van der Waals surface area contributed by atoms with E-state index in [2.05, 4.69) is 39.0 Å². The standard InChI is InChI=1S/C20H10F3N3S/c1-12-9-24-20(25-10-12)15-5-4-14(16(21)8-15)3-2-13-6-17(22)19(26-11-27)18(23)7-13/h4-10H,1H3. The third-order valence-corrected chi connectivity index (χ3v) is 3.62. The average molecular weight is 381 g/mol. The molecule has 3 aromatic rings. The Bertz CT molecular complexity index is 1100. The number of aromatic nitrogens is 2. The maximum Gasteiger partial charge on any atom is 0.159 e. The molecule has 2 aromatic carbocycles. The maximum absolute atomic E-state index is 14.3. The van der Waals surface area contributed by atoms with Crippen molar-refractivity contribution in [3.8, 4) is 23.2 Å². The SMILES string of the molecule is Cc1cnc(-c2ccc(C#Cc3cc(F)c(N=C=S)c(F)c3)c(F)c2)nc1. The van der Waals surface area contributed by atoms with Crippen molar-refractivity contribution >= 4 is 23.1 Å². The highest BCUT2D eigenvalue weighted by molar-refractivity contribution is 7.78. The van der Waals surface area contributed by atoms with Crippen molar-refractivity contribution in [3.63, 3.8) is 0 Å². The minimum Gasteiger partial charge on any atom is -0.236 e. The molecular weight excluding hydrogens is 371 g/mol. The molecule has 7 heteroatoms. The summed E-state index contributed by atoms with van der Waals surface area (Å²) in [7, 11) is 0. The van der Waals surface area contributed by atoms with E-state index in [4.69, 9.17) is 0 Å². The molecule has 0 atom stereocenters. The summed E-state index contributed by atoms with van der Waals surface area (Å²) >= 11 is 4.34. The molecule has 0 N–H and O–H groups in total. The Morgan fingerprint density at radius 1 is 0.926 bits per heavy atom. The highest BCUT2D eigenvalue weighted by Gasteiger charge is 2.10. The third-order valence-electron chi connectivity index (χ3n) is 3.52. The highest BCUT2D eigenvalue weighted by Crippen LogP contribution is 2.23. The van der Waals surface area contributed by atoms with Gasteiger partial charge >= 0.3 is 0 Å². The van der Waals surface area contributed by atoms with Gasteiger partial charge in [0.05, 0.1) is 10.7 Å². The number of hydrogen-bond acceptors (Lipinski definition) is 4. The quantitative estimate of drug-likeness (QED) is 0.356. The van der Waals surface area contributed by atoms with Crippen LogP contribution in [0.4, 0.5) is 18.9 Å². The van der Waals surface area contributed by atoms with Gasteiger partial charge in [0.15, 0.2) is 17.5 Å². The zero-order chi connectivity index (χ0) is 19.4. The number of thiocarbonyl (C=S) groups is 1. The number of halogens is 3. The molecular formula is C20H10F3N3S. The van der Waals surface area contributed by atoms with Crippen LogP contribution in [0, 0.1) is 36.2 Å². The van der Waals surface area contributed by atoms with Crippen LogP contribution < -0.4 is 0 Å². The summed E-state index contributed by atoms with van der Waals surface area (Å²) in [6, 6.07) is 6.32. The van der Waals surface area contributed by atoms with E-state index >= 15 is 0 Å². The van der Waals surface area contributed by atoms with Gasteiger partial charge in [-0.3, -0.25) is 0 Å². The summed E-state index contributed by atoms with van der Waals surface area (Å²) in [4.78, 5) is 11.6. The minimum absolute atomic E-state index is 0.0404. The summed E-state index contributed by atoms with van der Waals surface area (Å²) < 4.78 is 41.9. The number of isothiocyanates is 1. The monoisotopic (exact) mass is 381 g/mol. The van der Waals surface area contributed by atoms with Crippen LogP contribution in [0.3, 0.4) is 0 Å². The molecule has 1 aromatic heterocycles. The first kappa shape index (κ1) is 18.5. The van der Waals surface area contributed by atoms with E-state index < -0.39 is 23.1 Å². The molecule has 0 aliphatic carbocycles. The predicted molar refractivity (Wildman–Crippen MR) is 99.2 cm³/mol. The topological polar surface area (TPSA) is 38.1 Å². The number of nitrogens with zero attached hydrogens (tertiary/aromatic N) is 3. The molecule has 0 aliphatic heterocycles. The third kappa shape index (κ3) is 4.26. The fraction of sp³-hybridized carbons (Fsp3) is 0.0500. The summed E-state index contributed by atoms with van der Waals surface area (Å²) in [5, 5.41) is 1.90. The van der Waals surface area contributed by atoms with E-state index in [1.807, 2.05) is 12.1 Å². The van der Waals surface area contributed by atoms with Crippen molar-refractivity contribution < 1.29 is 13.2 Å². The van der Waals surface area contributed by atoms with Crippen LogP contribution in [-0.2, 0) is 0 Å². The van der Waals surface area contributed by atoms with Gasteiger partial charge in [0.25, 0.3) is 0 Å². The Labute approximate surface area is 158 Å². The molecule has 3 nitrogen and oxygen atoms in total. The van der Waals surface area contributed by atoms with Crippen molar-refractivity contribution in [1.29, 1.82) is 0 Å². The average Bonchev–Trinajstić information content (AvgIpc) is 2.64. The summed E-state index contributed by atoms with van der Waals surface area (Å²) in [6.45, 7) is 1.85. The van der Waals surface area contributed by atoms with Gasteiger partial charge in [0, 0.05) is 23.5 Å². The van der Waals surface area contributed by atoms with Crippen molar-refractivity contribution in [1.82, 2.24) is 9.97 Å². The molecule has 3 rings (SSSR count). The van der Waals surface area contributed by atoms with E-state index in [0.29, 0.717) is 11.4 Å². The molecule has 27 heavy (non-hydrogen) atoms. The Morgan fingerprint density at radius 2 is 1.59 bits per heavy atom. The van der Waals surface area contributed by atoms with Gasteiger partial charge in [0.2, 0.25) is 0 Å². The van der Waals surface area contributed by atoms with Crippen molar-refractivity contribution in [3.05, 3.63) is 76.9 Å². The van der Waals surface area contributed by atoms with Gasteiger partial charge in [0.1, 0.15) is 11.5 Å². The molecule has 0 bridgehead atoms. The van der Waals surface area contributed by atoms with Gasteiger partial charge < -0.3 is 0 Å². The fourth-order valence-electron chi connectivity index (χ4n) is 2.23. The molecule has 0 spiro atoms. The molecule has 0 radical (unpaired) electrons. The maximum atomic E-state index is 14.3. The summed E-state index contributed by atoms with van der Waals surface area (Å²) in [5.74, 6) is 3.03. The lowest BCUT2D eigenvalue weighted by molar-refractivity contribution is 0.587. The molecule has 0 unspecified atom stereocenters. The Hall–Kier alpha value is -3.33. The van der Waals surface area contributed by atoms with Crippen LogP contribution in [0.1, 0.15) is 16.7 Å². The van der Waals surface area contributed by atoms with Crippen LogP contribution in [0.25, 0.3) is 11.4 Å². The zero-order valence-electron chi connectivity index (χ0n) is 13.9. The Balaban J connectivity index is 1.91. The number of rotatable bonds is 2. The highest BCUT2D eigenvalue weighted by atomic mass is 32.1. The van der Waals surface area contributed by atoms with E-state index in [1.54, 1.807) is 18.5 Å². The first-order valence-electron chi connectivity index (χ1n) is 7.65. The van der Waals surface area contributed by atoms with E-state index in [-0.39, 0.29) is 11.1 Å². The number of hydrogen-bond donors (Lipinski definition) is 0. The van der Waals surface area contributed by atoms with Crippen LogP contribution in [0.2, 0.25) is 0 Å². The van der Waals surface area contributed by atoms with Crippen LogP contribution in [0.5, 0.6) is 0 Å². The van der Waals surface area contributed by atoms with Crippen LogP contribution in [0.15, 0.2) is 47.7 Å². The molecule has 0 saturated carbocycles. The predicted octanol–water partition coefficient (Wildman–Crippen LogP) is 5.00. The lowest BCUT2D eigenvalue weighted by Gasteiger charge is -2.02. The normalized spacial score (nSPS) is 9.93. The minimum atomic E-state index is -0.927. The fourth-order valence-corrected chi connectivity index (χ4v) is 2.32. The second kappa shape index (κ2) is 7.92. The molecule has 0 fully saturated rings. The molecule has 0 saturated heterocycles. The smallest absolute Gasteiger partial charge is 0.159 e. The number of aryl methyl sites for hydroxylation is 1. The number of aliphatic imine (C=N–C) groups is 1. The van der Waals surface area contributed by atoms with Crippen molar-refractivity contribution in [2.45, 2.75) is 6.92 Å². The second-order valence-corrected chi connectivity index (χ2v) is 5.70. The van der Waals surface area contributed by atoms with Gasteiger partial charge in [-0.15, -0.1) is 0 Å². The van der Waals surface area contributed by atoms with Crippen molar-refractivity contribution in [2.75, 3.05) is 0 Å². The van der Waals surface area contributed by atoms with E-state index in [1.165, 1.54) is 12.1 Å². The van der Waals surface area contributed by atoms with Gasteiger partial charge in [-0.25, -0.2) is 23.1 Å². The molecule has 0 amide bonds. The zero-order valence-corrected chi connectivity index (χ0v) is 14.7. The van der Waals surface area contributed by atoms with Crippen LogP contribution in [-0.4, -0.2) is 15.1 Å². The number of benzene rings is 2. The first-order chi connectivity index (χ1) is 13.0. The van der Waals surface area contributed by atoms with E-state index in [0.717, 1.165) is 17.7 Å². The molecule has 1 heterocycles. The first-order valence-corrected chi connectivity index (χ1v) is 8.06. The lowest BCUT2D eigenvalue weighted by Crippen LogP contribution is -1.92. The largest absolute Gasteiger partial charge is 0.236 e. The van der Waals surface area contributed by atoms with Gasteiger partial charge in [-0.05, 0) is 55.0 Å². The van der Waals surface area contributed by atoms with Gasteiger partial charge in [-0.1, -0.05) is 11.8 Å². The van der Waals surface area contributed by atoms with Crippen LogP contribution >= 0.6 is 12.2 Å². The lowest BCUT2D eigenvalue weighted by atomic mass is 10.1.